The highest BCUT2D eigenvalue weighted by molar-refractivity contribution is 5.81. The molecule has 1 rings (SSSR count). The van der Waals surface area contributed by atoms with E-state index < -0.39 is 5.97 Å². The van der Waals surface area contributed by atoms with Crippen LogP contribution in [-0.4, -0.2) is 16.9 Å². The van der Waals surface area contributed by atoms with E-state index in [1.54, 1.807) is 0 Å². The number of hydrogen-bond donors (Lipinski definition) is 1. The summed E-state index contributed by atoms with van der Waals surface area (Å²) in [7, 11) is 0. The lowest BCUT2D eigenvalue weighted by Gasteiger charge is -2.24. The summed E-state index contributed by atoms with van der Waals surface area (Å²) in [5.74, 6) is 0.450. The van der Waals surface area contributed by atoms with Gasteiger partial charge in [-0.3, -0.25) is 9.59 Å². The molecule has 0 unspecified atom stereocenters. The Hall–Kier alpha value is -0.860. The molecule has 3 heteroatoms. The lowest BCUT2D eigenvalue weighted by Crippen LogP contribution is -2.20. The molecule has 15 heavy (non-hydrogen) atoms. The number of rotatable bonds is 5. The fraction of sp³-hybridized carbons (Fsp3) is 0.833. The van der Waals surface area contributed by atoms with Crippen molar-refractivity contribution in [1.82, 2.24) is 0 Å². The van der Waals surface area contributed by atoms with Crippen LogP contribution in [0.2, 0.25) is 0 Å². The summed E-state index contributed by atoms with van der Waals surface area (Å²) in [6.07, 6.45) is 5.38. The molecule has 0 radical (unpaired) electrons. The molecule has 0 bridgehead atoms. The molecule has 1 saturated carbocycles. The van der Waals surface area contributed by atoms with Gasteiger partial charge in [0, 0.05) is 18.8 Å². The molecule has 1 aliphatic rings. The highest BCUT2D eigenvalue weighted by Crippen LogP contribution is 2.29. The number of carboxylic acids is 1. The van der Waals surface area contributed by atoms with Gasteiger partial charge in [-0.05, 0) is 25.2 Å². The second-order valence-corrected chi connectivity index (χ2v) is 4.67. The first-order chi connectivity index (χ1) is 7.09. The maximum absolute atomic E-state index is 11.7. The van der Waals surface area contributed by atoms with Gasteiger partial charge in [-0.15, -0.1) is 0 Å². The number of Topliss-reactive ketones (excluding diaryl/α,β-unsaturated/α-hetero) is 1. The zero-order valence-corrected chi connectivity index (χ0v) is 9.37. The quantitative estimate of drug-likeness (QED) is 0.762. The van der Waals surface area contributed by atoms with Gasteiger partial charge in [-0.1, -0.05) is 19.8 Å². The highest BCUT2D eigenvalue weighted by atomic mass is 16.4. The standard InChI is InChI=1S/C12H20O3/c1-9-5-7-10(8-6-9)11(13)3-2-4-12(14)15/h9-10H,2-8H2,1H3,(H,14,15). The van der Waals surface area contributed by atoms with Crippen LogP contribution < -0.4 is 0 Å². The van der Waals surface area contributed by atoms with Crippen molar-refractivity contribution in [3.8, 4) is 0 Å². The zero-order valence-electron chi connectivity index (χ0n) is 9.37. The Bertz CT molecular complexity index is 227. The molecule has 1 fully saturated rings. The van der Waals surface area contributed by atoms with Crippen LogP contribution in [0.15, 0.2) is 0 Å². The smallest absolute Gasteiger partial charge is 0.303 e. The summed E-state index contributed by atoms with van der Waals surface area (Å²) in [6.45, 7) is 2.23. The van der Waals surface area contributed by atoms with E-state index in [9.17, 15) is 9.59 Å². The summed E-state index contributed by atoms with van der Waals surface area (Å²) in [4.78, 5) is 22.0. The van der Waals surface area contributed by atoms with Crippen LogP contribution in [0.5, 0.6) is 0 Å². The van der Waals surface area contributed by atoms with Crippen LogP contribution in [0.1, 0.15) is 51.9 Å². The van der Waals surface area contributed by atoms with Gasteiger partial charge in [0.15, 0.2) is 0 Å². The highest BCUT2D eigenvalue weighted by Gasteiger charge is 2.23. The van der Waals surface area contributed by atoms with Gasteiger partial charge in [0.05, 0.1) is 0 Å². The lowest BCUT2D eigenvalue weighted by atomic mass is 9.80. The van der Waals surface area contributed by atoms with E-state index in [1.165, 1.54) is 0 Å². The molecule has 0 aromatic heterocycles. The fourth-order valence-corrected chi connectivity index (χ4v) is 2.20. The van der Waals surface area contributed by atoms with Gasteiger partial charge in [-0.2, -0.15) is 0 Å². The number of hydrogen-bond acceptors (Lipinski definition) is 2. The van der Waals surface area contributed by atoms with Crippen LogP contribution in [0.25, 0.3) is 0 Å². The molecule has 0 aliphatic heterocycles. The Morgan fingerprint density at radius 2 is 1.73 bits per heavy atom. The molecule has 0 atom stereocenters. The second kappa shape index (κ2) is 5.89. The Morgan fingerprint density at radius 3 is 2.27 bits per heavy atom. The molecule has 0 spiro atoms. The molecule has 0 heterocycles. The molecule has 0 amide bonds. The Morgan fingerprint density at radius 1 is 1.13 bits per heavy atom. The number of carbonyl (C=O) groups is 2. The van der Waals surface area contributed by atoms with Gasteiger partial charge in [0.2, 0.25) is 0 Å². The average molecular weight is 212 g/mol. The second-order valence-electron chi connectivity index (χ2n) is 4.67. The van der Waals surface area contributed by atoms with Crippen molar-refractivity contribution in [2.24, 2.45) is 11.8 Å². The van der Waals surface area contributed by atoms with E-state index in [1.807, 2.05) is 0 Å². The van der Waals surface area contributed by atoms with Crippen LogP contribution in [0, 0.1) is 11.8 Å². The molecule has 1 N–H and O–H groups in total. The predicted octanol–water partition coefficient (Wildman–Crippen LogP) is 2.64. The van der Waals surface area contributed by atoms with Crippen molar-refractivity contribution in [2.45, 2.75) is 51.9 Å². The van der Waals surface area contributed by atoms with Crippen molar-refractivity contribution in [2.75, 3.05) is 0 Å². The van der Waals surface area contributed by atoms with Crippen molar-refractivity contribution in [1.29, 1.82) is 0 Å². The van der Waals surface area contributed by atoms with Gasteiger partial charge in [-0.25, -0.2) is 0 Å². The third-order valence-corrected chi connectivity index (χ3v) is 3.29. The van der Waals surface area contributed by atoms with E-state index in [2.05, 4.69) is 6.92 Å². The minimum Gasteiger partial charge on any atom is -0.481 e. The van der Waals surface area contributed by atoms with Crippen LogP contribution >= 0.6 is 0 Å². The average Bonchev–Trinajstić information content (AvgIpc) is 2.18. The summed E-state index contributed by atoms with van der Waals surface area (Å²) < 4.78 is 0. The molecule has 0 aromatic rings. The Balaban J connectivity index is 2.19. The normalized spacial score (nSPS) is 26.2. The molecule has 0 saturated heterocycles. The summed E-state index contributed by atoms with van der Waals surface area (Å²) in [5.41, 5.74) is 0. The summed E-state index contributed by atoms with van der Waals surface area (Å²) in [5, 5.41) is 8.46. The zero-order chi connectivity index (χ0) is 11.3. The predicted molar refractivity (Wildman–Crippen MR) is 57.6 cm³/mol. The van der Waals surface area contributed by atoms with E-state index in [-0.39, 0.29) is 18.1 Å². The maximum atomic E-state index is 11.7. The van der Waals surface area contributed by atoms with Crippen LogP contribution in [0.4, 0.5) is 0 Å². The van der Waals surface area contributed by atoms with Crippen LogP contribution in [-0.2, 0) is 9.59 Å². The third kappa shape index (κ3) is 4.45. The first kappa shape index (κ1) is 12.2. The van der Waals surface area contributed by atoms with Gasteiger partial charge in [0.1, 0.15) is 5.78 Å². The van der Waals surface area contributed by atoms with Gasteiger partial charge < -0.3 is 5.11 Å². The topological polar surface area (TPSA) is 54.4 Å². The molecular formula is C12H20O3. The van der Waals surface area contributed by atoms with Crippen molar-refractivity contribution in [3.05, 3.63) is 0 Å². The van der Waals surface area contributed by atoms with Gasteiger partial charge in [0.25, 0.3) is 0 Å². The summed E-state index contributed by atoms with van der Waals surface area (Å²) in [6, 6.07) is 0. The maximum Gasteiger partial charge on any atom is 0.303 e. The fourth-order valence-electron chi connectivity index (χ4n) is 2.20. The van der Waals surface area contributed by atoms with E-state index >= 15 is 0 Å². The van der Waals surface area contributed by atoms with Crippen LogP contribution in [0.3, 0.4) is 0 Å². The van der Waals surface area contributed by atoms with Crippen molar-refractivity contribution >= 4 is 11.8 Å². The van der Waals surface area contributed by atoms with Crippen molar-refractivity contribution < 1.29 is 14.7 Å². The molecule has 86 valence electrons. The SMILES string of the molecule is CC1CCC(C(=O)CCCC(=O)O)CC1. The van der Waals surface area contributed by atoms with Crippen molar-refractivity contribution in [3.63, 3.8) is 0 Å². The monoisotopic (exact) mass is 212 g/mol. The number of carbonyl (C=O) groups excluding carboxylic acids is 1. The lowest BCUT2D eigenvalue weighted by molar-refractivity contribution is -0.137. The molecule has 3 nitrogen and oxygen atoms in total. The van der Waals surface area contributed by atoms with E-state index in [4.69, 9.17) is 5.11 Å². The van der Waals surface area contributed by atoms with E-state index in [0.717, 1.165) is 31.6 Å². The molecule has 0 aromatic carbocycles. The first-order valence-corrected chi connectivity index (χ1v) is 5.84. The molecular weight excluding hydrogens is 192 g/mol. The first-order valence-electron chi connectivity index (χ1n) is 5.84. The van der Waals surface area contributed by atoms with Gasteiger partial charge >= 0.3 is 5.97 Å². The Kier molecular flexibility index (Phi) is 4.79. The molecule has 1 aliphatic carbocycles. The van der Waals surface area contributed by atoms with E-state index in [0.29, 0.717) is 12.8 Å². The summed E-state index contributed by atoms with van der Waals surface area (Å²) >= 11 is 0. The minimum atomic E-state index is -0.805. The Labute approximate surface area is 90.9 Å². The largest absolute Gasteiger partial charge is 0.481 e. The number of aliphatic carboxylic acids is 1. The number of carboxylic acid groups (broad SMARTS) is 1. The third-order valence-electron chi connectivity index (χ3n) is 3.29. The minimum absolute atomic E-state index is 0.120. The number of ketones is 1.